The second-order valence-corrected chi connectivity index (χ2v) is 7.89. The van der Waals surface area contributed by atoms with Crippen molar-refractivity contribution in [1.29, 1.82) is 0 Å². The number of amides is 1. The fraction of sp³-hybridized carbons (Fsp3) is 0.238. The van der Waals surface area contributed by atoms with Crippen molar-refractivity contribution in [1.82, 2.24) is 9.88 Å². The molecule has 0 aliphatic carbocycles. The number of ether oxygens (including phenoxy) is 1. The standard InChI is InChI=1S/C21H19ClF2N2O2S/c1-13(14-3-8-18(23)19(24)9-14)26(2)21(27)10-16-12-29-20(25-16)11-28-17-6-4-15(22)5-7-17/h3-9,12-13H,10-11H2,1-2H3/t13-/m0/s1. The number of hydrogen-bond acceptors (Lipinski definition) is 4. The smallest absolute Gasteiger partial charge is 0.228 e. The third-order valence-corrected chi connectivity index (χ3v) is 5.63. The average molecular weight is 437 g/mol. The van der Waals surface area contributed by atoms with Crippen molar-refractivity contribution in [3.8, 4) is 5.75 Å². The molecule has 8 heteroatoms. The van der Waals surface area contributed by atoms with E-state index in [0.29, 0.717) is 28.6 Å². The molecule has 0 spiro atoms. The fourth-order valence-electron chi connectivity index (χ4n) is 2.66. The molecule has 0 saturated heterocycles. The highest BCUT2D eigenvalue weighted by Crippen LogP contribution is 2.22. The Morgan fingerprint density at radius 1 is 1.21 bits per heavy atom. The van der Waals surface area contributed by atoms with E-state index in [1.54, 1.807) is 38.2 Å². The Hall–Kier alpha value is -2.51. The van der Waals surface area contributed by atoms with E-state index in [2.05, 4.69) is 4.98 Å². The summed E-state index contributed by atoms with van der Waals surface area (Å²) in [7, 11) is 1.63. The number of aromatic nitrogens is 1. The minimum atomic E-state index is -0.931. The number of benzene rings is 2. The first-order valence-electron chi connectivity index (χ1n) is 8.85. The van der Waals surface area contributed by atoms with Crippen LogP contribution in [0.25, 0.3) is 0 Å². The maximum atomic E-state index is 13.5. The summed E-state index contributed by atoms with van der Waals surface area (Å²) >= 11 is 7.25. The second kappa shape index (κ2) is 9.33. The predicted octanol–water partition coefficient (Wildman–Crippen LogP) is 5.42. The van der Waals surface area contributed by atoms with E-state index in [4.69, 9.17) is 16.3 Å². The summed E-state index contributed by atoms with van der Waals surface area (Å²) < 4.78 is 32.2. The van der Waals surface area contributed by atoms with Crippen LogP contribution < -0.4 is 4.74 Å². The number of rotatable bonds is 7. The number of carbonyl (C=O) groups excluding carboxylic acids is 1. The topological polar surface area (TPSA) is 42.4 Å². The van der Waals surface area contributed by atoms with Gasteiger partial charge in [0.15, 0.2) is 11.6 Å². The molecule has 0 radical (unpaired) electrons. The van der Waals surface area contributed by atoms with E-state index in [1.165, 1.54) is 22.3 Å². The van der Waals surface area contributed by atoms with Gasteiger partial charge in [0, 0.05) is 17.5 Å². The van der Waals surface area contributed by atoms with Crippen molar-refractivity contribution in [3.05, 3.63) is 80.8 Å². The van der Waals surface area contributed by atoms with Gasteiger partial charge < -0.3 is 9.64 Å². The first-order valence-corrected chi connectivity index (χ1v) is 10.1. The fourth-order valence-corrected chi connectivity index (χ4v) is 3.49. The average Bonchev–Trinajstić information content (AvgIpc) is 3.15. The molecule has 0 saturated carbocycles. The zero-order chi connectivity index (χ0) is 21.0. The summed E-state index contributed by atoms with van der Waals surface area (Å²) in [5.74, 6) is -1.33. The Balaban J connectivity index is 1.57. The molecule has 3 rings (SSSR count). The van der Waals surface area contributed by atoms with Gasteiger partial charge in [0.25, 0.3) is 0 Å². The highest BCUT2D eigenvalue weighted by molar-refractivity contribution is 7.09. The summed E-state index contributed by atoms with van der Waals surface area (Å²) in [6.07, 6.45) is 0.113. The summed E-state index contributed by atoms with van der Waals surface area (Å²) in [5, 5.41) is 3.20. The van der Waals surface area contributed by atoms with Gasteiger partial charge in [-0.25, -0.2) is 13.8 Å². The third-order valence-electron chi connectivity index (χ3n) is 4.51. The van der Waals surface area contributed by atoms with E-state index in [1.807, 2.05) is 5.38 Å². The second-order valence-electron chi connectivity index (χ2n) is 6.51. The third kappa shape index (κ3) is 5.52. The SMILES string of the molecule is C[C@@H](c1ccc(F)c(F)c1)N(C)C(=O)Cc1csc(COc2ccc(Cl)cc2)n1. The van der Waals surface area contributed by atoms with Crippen LogP contribution in [-0.2, 0) is 17.8 Å². The van der Waals surface area contributed by atoms with Gasteiger partial charge in [-0.2, -0.15) is 0 Å². The highest BCUT2D eigenvalue weighted by atomic mass is 35.5. The molecule has 1 heterocycles. The summed E-state index contributed by atoms with van der Waals surface area (Å²) in [6, 6.07) is 10.3. The van der Waals surface area contributed by atoms with Crippen molar-refractivity contribution < 1.29 is 18.3 Å². The number of nitrogens with zero attached hydrogens (tertiary/aromatic N) is 2. The molecular formula is C21H19ClF2N2O2S. The maximum absolute atomic E-state index is 13.5. The lowest BCUT2D eigenvalue weighted by Gasteiger charge is -2.25. The van der Waals surface area contributed by atoms with Gasteiger partial charge in [-0.05, 0) is 48.9 Å². The van der Waals surface area contributed by atoms with E-state index in [-0.39, 0.29) is 12.3 Å². The molecular weight excluding hydrogens is 418 g/mol. The lowest BCUT2D eigenvalue weighted by Crippen LogP contribution is -2.31. The summed E-state index contributed by atoms with van der Waals surface area (Å²) in [5.41, 5.74) is 1.16. The van der Waals surface area contributed by atoms with Crippen LogP contribution in [0.2, 0.25) is 5.02 Å². The van der Waals surface area contributed by atoms with Crippen LogP contribution in [0.4, 0.5) is 8.78 Å². The summed E-state index contributed by atoms with van der Waals surface area (Å²) in [4.78, 5) is 18.5. The predicted molar refractivity (Wildman–Crippen MR) is 109 cm³/mol. The number of halogens is 3. The molecule has 1 atom stereocenters. The Morgan fingerprint density at radius 3 is 2.62 bits per heavy atom. The minimum Gasteiger partial charge on any atom is -0.486 e. The molecule has 2 aromatic carbocycles. The minimum absolute atomic E-state index is 0.113. The van der Waals surface area contributed by atoms with Gasteiger partial charge in [-0.1, -0.05) is 17.7 Å². The first kappa shape index (κ1) is 21.2. The Labute approximate surface area is 176 Å². The number of thiazole rings is 1. The molecule has 0 N–H and O–H groups in total. The Bertz CT molecular complexity index is 995. The summed E-state index contributed by atoms with van der Waals surface area (Å²) in [6.45, 7) is 2.05. The van der Waals surface area contributed by atoms with Crippen molar-refractivity contribution in [3.63, 3.8) is 0 Å². The molecule has 1 amide bonds. The van der Waals surface area contributed by atoms with E-state index < -0.39 is 17.7 Å². The van der Waals surface area contributed by atoms with E-state index in [0.717, 1.165) is 17.1 Å². The van der Waals surface area contributed by atoms with Crippen molar-refractivity contribution in [2.24, 2.45) is 0 Å². The maximum Gasteiger partial charge on any atom is 0.228 e. The molecule has 1 aromatic heterocycles. The van der Waals surface area contributed by atoms with E-state index in [9.17, 15) is 13.6 Å². The molecule has 0 bridgehead atoms. The van der Waals surface area contributed by atoms with Crippen LogP contribution in [0.5, 0.6) is 5.75 Å². The van der Waals surface area contributed by atoms with Gasteiger partial charge in [-0.3, -0.25) is 4.79 Å². The molecule has 0 aliphatic rings. The lowest BCUT2D eigenvalue weighted by molar-refractivity contribution is -0.131. The molecule has 4 nitrogen and oxygen atoms in total. The molecule has 3 aromatic rings. The largest absolute Gasteiger partial charge is 0.486 e. The monoisotopic (exact) mass is 436 g/mol. The quantitative estimate of drug-likeness (QED) is 0.497. The Kier molecular flexibility index (Phi) is 6.82. The first-order chi connectivity index (χ1) is 13.8. The van der Waals surface area contributed by atoms with Crippen LogP contribution in [0, 0.1) is 11.6 Å². The van der Waals surface area contributed by atoms with Gasteiger partial charge in [-0.15, -0.1) is 11.3 Å². The molecule has 0 aliphatic heterocycles. The van der Waals surface area contributed by atoms with Gasteiger partial charge in [0.2, 0.25) is 5.91 Å². The van der Waals surface area contributed by atoms with Crippen LogP contribution >= 0.6 is 22.9 Å². The highest BCUT2D eigenvalue weighted by Gasteiger charge is 2.20. The molecule has 0 fully saturated rings. The molecule has 0 unspecified atom stereocenters. The molecule has 152 valence electrons. The van der Waals surface area contributed by atoms with Crippen molar-refractivity contribution in [2.75, 3.05) is 7.05 Å². The normalized spacial score (nSPS) is 11.9. The zero-order valence-electron chi connectivity index (χ0n) is 15.9. The van der Waals surface area contributed by atoms with Gasteiger partial charge >= 0.3 is 0 Å². The Morgan fingerprint density at radius 2 is 1.93 bits per heavy atom. The van der Waals surface area contributed by atoms with Crippen LogP contribution in [0.1, 0.15) is 29.2 Å². The van der Waals surface area contributed by atoms with Crippen LogP contribution in [0.3, 0.4) is 0 Å². The lowest BCUT2D eigenvalue weighted by atomic mass is 10.1. The van der Waals surface area contributed by atoms with Gasteiger partial charge in [0.05, 0.1) is 18.2 Å². The van der Waals surface area contributed by atoms with Crippen molar-refractivity contribution in [2.45, 2.75) is 26.0 Å². The number of carbonyl (C=O) groups is 1. The van der Waals surface area contributed by atoms with Crippen LogP contribution in [0.15, 0.2) is 47.8 Å². The number of likely N-dealkylation sites (N-methyl/N-ethyl adjacent to an activating group) is 1. The van der Waals surface area contributed by atoms with Crippen molar-refractivity contribution >= 4 is 28.8 Å². The van der Waals surface area contributed by atoms with Gasteiger partial charge in [0.1, 0.15) is 17.4 Å². The van der Waals surface area contributed by atoms with Crippen LogP contribution in [-0.4, -0.2) is 22.8 Å². The molecule has 29 heavy (non-hydrogen) atoms. The zero-order valence-corrected chi connectivity index (χ0v) is 17.4. The number of hydrogen-bond donors (Lipinski definition) is 0. The van der Waals surface area contributed by atoms with E-state index >= 15 is 0 Å².